The van der Waals surface area contributed by atoms with E-state index in [0.717, 1.165) is 6.54 Å². The van der Waals surface area contributed by atoms with Crippen molar-refractivity contribution in [1.29, 1.82) is 0 Å². The van der Waals surface area contributed by atoms with Gasteiger partial charge in [-0.05, 0) is 50.8 Å². The molecule has 0 bridgehead atoms. The number of hydrogen-bond donors (Lipinski definition) is 1. The van der Waals surface area contributed by atoms with Crippen molar-refractivity contribution in [1.82, 2.24) is 10.2 Å². The van der Waals surface area contributed by atoms with Crippen molar-refractivity contribution < 1.29 is 18.7 Å². The van der Waals surface area contributed by atoms with Crippen LogP contribution in [-0.4, -0.2) is 42.8 Å². The Morgan fingerprint density at radius 3 is 2.81 bits per heavy atom. The highest BCUT2D eigenvalue weighted by Gasteiger charge is 2.34. The Morgan fingerprint density at radius 1 is 1.30 bits per heavy atom. The number of nitrogens with one attached hydrogen (secondary N) is 1. The van der Waals surface area contributed by atoms with E-state index in [1.54, 1.807) is 17.0 Å². The van der Waals surface area contributed by atoms with Crippen molar-refractivity contribution in [3.63, 3.8) is 0 Å². The van der Waals surface area contributed by atoms with Crippen LogP contribution in [0.2, 0.25) is 0 Å². The van der Waals surface area contributed by atoms with Gasteiger partial charge in [-0.3, -0.25) is 0 Å². The summed E-state index contributed by atoms with van der Waals surface area (Å²) in [5, 5.41) is 3.27. The number of carbonyl (C=O) groups excluding carboxylic acids is 1. The number of carbonyl (C=O) groups is 1. The van der Waals surface area contributed by atoms with Gasteiger partial charge in [0.15, 0.2) is 0 Å². The van der Waals surface area contributed by atoms with Crippen LogP contribution in [0.1, 0.15) is 51.5 Å². The predicted octanol–water partition coefficient (Wildman–Crippen LogP) is 4.11. The average molecular weight is 378 g/mol. The van der Waals surface area contributed by atoms with Gasteiger partial charge in [0.1, 0.15) is 18.2 Å². The zero-order valence-corrected chi connectivity index (χ0v) is 16.4. The van der Waals surface area contributed by atoms with Crippen LogP contribution in [0.4, 0.5) is 9.18 Å². The third-order valence-corrected chi connectivity index (χ3v) is 5.60. The van der Waals surface area contributed by atoms with Crippen LogP contribution in [0.5, 0.6) is 5.75 Å². The first-order valence-electron chi connectivity index (χ1n) is 10.0. The van der Waals surface area contributed by atoms with Gasteiger partial charge in [-0.25, -0.2) is 9.18 Å². The predicted molar refractivity (Wildman–Crippen MR) is 102 cm³/mol. The molecular formula is C21H31FN2O3. The van der Waals surface area contributed by atoms with E-state index in [1.165, 1.54) is 38.2 Å². The summed E-state index contributed by atoms with van der Waals surface area (Å²) in [5.41, 5.74) is 0.0242. The summed E-state index contributed by atoms with van der Waals surface area (Å²) in [4.78, 5) is 14.1. The fourth-order valence-corrected chi connectivity index (χ4v) is 3.86. The van der Waals surface area contributed by atoms with Gasteiger partial charge >= 0.3 is 6.09 Å². The first kappa shape index (κ1) is 19.9. The quantitative estimate of drug-likeness (QED) is 0.838. The summed E-state index contributed by atoms with van der Waals surface area (Å²) in [5.74, 6) is 0.836. The molecule has 1 N–H and O–H groups in total. The van der Waals surface area contributed by atoms with Gasteiger partial charge in [0.05, 0.1) is 12.1 Å². The Labute approximate surface area is 161 Å². The summed E-state index contributed by atoms with van der Waals surface area (Å²) in [6.07, 6.45) is 5.83. The number of rotatable bonds is 5. The van der Waals surface area contributed by atoms with Crippen LogP contribution in [0, 0.1) is 11.7 Å². The van der Waals surface area contributed by atoms with Gasteiger partial charge in [0, 0.05) is 25.2 Å². The van der Waals surface area contributed by atoms with Crippen molar-refractivity contribution in [2.24, 2.45) is 5.92 Å². The van der Waals surface area contributed by atoms with Gasteiger partial charge in [-0.15, -0.1) is 0 Å². The molecule has 1 saturated heterocycles. The first-order chi connectivity index (χ1) is 13.0. The van der Waals surface area contributed by atoms with Crippen molar-refractivity contribution in [3.8, 4) is 5.75 Å². The maximum Gasteiger partial charge on any atom is 0.410 e. The van der Waals surface area contributed by atoms with Gasteiger partial charge < -0.3 is 19.7 Å². The molecule has 0 spiro atoms. The summed E-state index contributed by atoms with van der Waals surface area (Å²) < 4.78 is 25.4. The first-order valence-corrected chi connectivity index (χ1v) is 10.0. The second-order valence-corrected chi connectivity index (χ2v) is 8.26. The Hall–Kier alpha value is -1.82. The molecule has 1 heterocycles. The van der Waals surface area contributed by atoms with E-state index in [-0.39, 0.29) is 18.0 Å². The van der Waals surface area contributed by atoms with Crippen molar-refractivity contribution in [2.75, 3.05) is 26.2 Å². The number of amides is 1. The molecule has 3 rings (SSSR count). The topological polar surface area (TPSA) is 50.8 Å². The van der Waals surface area contributed by atoms with Crippen LogP contribution in [-0.2, 0) is 11.3 Å². The van der Waals surface area contributed by atoms with Crippen LogP contribution < -0.4 is 10.1 Å². The molecule has 0 atom stereocenters. The standard InChI is InChI=1S/C21H31FN2O3/c1-21(2)15-23-10-11-24(21)20(25)27-14-17-12-18(8-9-19(17)22)26-13-16-6-4-3-5-7-16/h8-9,12,16,23H,3-7,10-11,13-15H2,1-2H3. The third kappa shape index (κ3) is 5.34. The maximum atomic E-state index is 14.1. The monoisotopic (exact) mass is 378 g/mol. The molecule has 1 aromatic rings. The molecule has 0 aromatic heterocycles. The molecule has 5 nitrogen and oxygen atoms in total. The van der Waals surface area contributed by atoms with E-state index in [4.69, 9.17) is 9.47 Å². The number of benzene rings is 1. The van der Waals surface area contributed by atoms with E-state index < -0.39 is 6.09 Å². The molecule has 27 heavy (non-hydrogen) atoms. The van der Waals surface area contributed by atoms with Crippen LogP contribution in [0.3, 0.4) is 0 Å². The van der Waals surface area contributed by atoms with E-state index in [0.29, 0.717) is 36.9 Å². The maximum absolute atomic E-state index is 14.1. The number of nitrogens with zero attached hydrogens (tertiary/aromatic N) is 1. The van der Waals surface area contributed by atoms with Gasteiger partial charge in [0.25, 0.3) is 0 Å². The Kier molecular flexibility index (Phi) is 6.58. The molecule has 1 saturated carbocycles. The minimum absolute atomic E-state index is 0.0920. The lowest BCUT2D eigenvalue weighted by Crippen LogP contribution is -2.59. The van der Waals surface area contributed by atoms with Crippen molar-refractivity contribution in [2.45, 2.75) is 58.1 Å². The number of piperazine rings is 1. The van der Waals surface area contributed by atoms with Crippen molar-refractivity contribution in [3.05, 3.63) is 29.6 Å². The second-order valence-electron chi connectivity index (χ2n) is 8.26. The molecule has 0 unspecified atom stereocenters. The fourth-order valence-electron chi connectivity index (χ4n) is 3.86. The zero-order valence-electron chi connectivity index (χ0n) is 16.4. The highest BCUT2D eigenvalue weighted by molar-refractivity contribution is 5.69. The summed E-state index contributed by atoms with van der Waals surface area (Å²) in [6, 6.07) is 4.67. The van der Waals surface area contributed by atoms with Crippen LogP contribution in [0.15, 0.2) is 18.2 Å². The Bertz CT molecular complexity index is 644. The smallest absolute Gasteiger partial charge is 0.410 e. The van der Waals surface area contributed by atoms with Crippen molar-refractivity contribution >= 4 is 6.09 Å². The summed E-state index contributed by atoms with van der Waals surface area (Å²) in [6.45, 7) is 6.57. The number of hydrogen-bond acceptors (Lipinski definition) is 4. The third-order valence-electron chi connectivity index (χ3n) is 5.60. The second kappa shape index (κ2) is 8.91. The largest absolute Gasteiger partial charge is 0.493 e. The van der Waals surface area contributed by atoms with Gasteiger partial charge in [0.2, 0.25) is 0 Å². The lowest BCUT2D eigenvalue weighted by molar-refractivity contribution is 0.0453. The molecule has 1 aliphatic carbocycles. The molecule has 1 aromatic carbocycles. The summed E-state index contributed by atoms with van der Waals surface area (Å²) >= 11 is 0. The molecule has 2 aliphatic rings. The normalized spacial score (nSPS) is 20.3. The van der Waals surface area contributed by atoms with Crippen LogP contribution in [0.25, 0.3) is 0 Å². The van der Waals surface area contributed by atoms with E-state index in [2.05, 4.69) is 5.32 Å². The van der Waals surface area contributed by atoms with Gasteiger partial charge in [-0.1, -0.05) is 19.3 Å². The number of halogens is 1. The molecule has 6 heteroatoms. The highest BCUT2D eigenvalue weighted by Crippen LogP contribution is 2.26. The molecule has 1 amide bonds. The lowest BCUT2D eigenvalue weighted by atomic mass is 9.90. The molecule has 150 valence electrons. The van der Waals surface area contributed by atoms with E-state index in [9.17, 15) is 9.18 Å². The average Bonchev–Trinajstić information content (AvgIpc) is 2.66. The Balaban J connectivity index is 1.55. The highest BCUT2D eigenvalue weighted by atomic mass is 19.1. The van der Waals surface area contributed by atoms with Crippen LogP contribution >= 0.6 is 0 Å². The molecular weight excluding hydrogens is 347 g/mol. The lowest BCUT2D eigenvalue weighted by Gasteiger charge is -2.41. The minimum Gasteiger partial charge on any atom is -0.493 e. The van der Waals surface area contributed by atoms with Gasteiger partial charge in [-0.2, -0.15) is 0 Å². The zero-order chi connectivity index (χ0) is 19.3. The number of ether oxygens (including phenoxy) is 2. The summed E-state index contributed by atoms with van der Waals surface area (Å²) in [7, 11) is 0. The SMILES string of the molecule is CC1(C)CNCCN1C(=O)OCc1cc(OCC2CCCCC2)ccc1F. The van der Waals surface area contributed by atoms with E-state index in [1.807, 2.05) is 13.8 Å². The fraction of sp³-hybridized carbons (Fsp3) is 0.667. The minimum atomic E-state index is -0.408. The molecule has 0 radical (unpaired) electrons. The van der Waals surface area contributed by atoms with E-state index >= 15 is 0 Å². The Morgan fingerprint density at radius 2 is 2.07 bits per heavy atom. The molecule has 2 fully saturated rings. The molecule has 1 aliphatic heterocycles.